The largest absolute Gasteiger partial charge is 0.497 e. The summed E-state index contributed by atoms with van der Waals surface area (Å²) >= 11 is 0. The first-order valence-electron chi connectivity index (χ1n) is 5.05. The maximum Gasteiger partial charge on any atom is 0.313 e. The van der Waals surface area contributed by atoms with Crippen molar-refractivity contribution < 1.29 is 14.3 Å². The summed E-state index contributed by atoms with van der Waals surface area (Å²) in [5.41, 5.74) is 0.881. The summed E-state index contributed by atoms with van der Waals surface area (Å²) in [6.45, 7) is 3.65. The number of esters is 1. The smallest absolute Gasteiger partial charge is 0.313 e. The van der Waals surface area contributed by atoms with E-state index in [2.05, 4.69) is 6.58 Å². The second kappa shape index (κ2) is 5.95. The van der Waals surface area contributed by atoms with E-state index in [1.54, 1.807) is 13.2 Å². The minimum atomic E-state index is -0.308. The average molecular weight is 220 g/mol. The zero-order chi connectivity index (χ0) is 12.0. The normalized spacial score (nSPS) is 11.6. The Morgan fingerprint density at radius 2 is 2.25 bits per heavy atom. The number of methoxy groups -OCH3 is 2. The van der Waals surface area contributed by atoms with Gasteiger partial charge < -0.3 is 9.47 Å². The molecule has 1 aromatic carbocycles. The fraction of sp³-hybridized carbons (Fsp3) is 0.308. The standard InChI is InChI=1S/C13H16O3/c1-4-6-12(13(14)16-3)10-7-5-8-11(9-10)15-2/h4-5,7-9,12H,1,6H2,2-3H3. The quantitative estimate of drug-likeness (QED) is 0.565. The molecule has 1 atom stereocenters. The molecule has 0 saturated heterocycles. The van der Waals surface area contributed by atoms with Crippen LogP contribution in [0.3, 0.4) is 0 Å². The molecule has 0 amide bonds. The molecule has 0 spiro atoms. The van der Waals surface area contributed by atoms with Crippen LogP contribution in [0.5, 0.6) is 5.75 Å². The molecule has 86 valence electrons. The maximum atomic E-state index is 11.6. The first kappa shape index (κ1) is 12.3. The third kappa shape index (κ3) is 2.86. The van der Waals surface area contributed by atoms with Crippen LogP contribution < -0.4 is 4.74 Å². The summed E-state index contributed by atoms with van der Waals surface area (Å²) in [6, 6.07) is 7.41. The highest BCUT2D eigenvalue weighted by molar-refractivity contribution is 5.78. The van der Waals surface area contributed by atoms with Gasteiger partial charge >= 0.3 is 5.97 Å². The molecule has 0 fully saturated rings. The van der Waals surface area contributed by atoms with E-state index in [9.17, 15) is 4.79 Å². The van der Waals surface area contributed by atoms with E-state index >= 15 is 0 Å². The Kier molecular flexibility index (Phi) is 4.58. The van der Waals surface area contributed by atoms with Gasteiger partial charge in [-0.2, -0.15) is 0 Å². The average Bonchev–Trinajstić information content (AvgIpc) is 2.35. The molecule has 0 heterocycles. The van der Waals surface area contributed by atoms with Crippen LogP contribution in [0, 0.1) is 0 Å². The van der Waals surface area contributed by atoms with Gasteiger partial charge in [-0.1, -0.05) is 18.2 Å². The first-order chi connectivity index (χ1) is 7.72. The van der Waals surface area contributed by atoms with Crippen molar-refractivity contribution in [3.8, 4) is 5.75 Å². The fourth-order valence-electron chi connectivity index (χ4n) is 1.54. The van der Waals surface area contributed by atoms with Gasteiger partial charge in [0.05, 0.1) is 20.1 Å². The molecule has 3 heteroatoms. The molecule has 1 unspecified atom stereocenters. The lowest BCUT2D eigenvalue weighted by Crippen LogP contribution is -2.13. The summed E-state index contributed by atoms with van der Waals surface area (Å²) in [6.07, 6.45) is 2.26. The number of benzene rings is 1. The van der Waals surface area contributed by atoms with Crippen molar-refractivity contribution in [2.75, 3.05) is 14.2 Å². The molecule has 0 aromatic heterocycles. The Balaban J connectivity index is 2.99. The van der Waals surface area contributed by atoms with E-state index in [4.69, 9.17) is 9.47 Å². The molecular formula is C13H16O3. The summed E-state index contributed by atoms with van der Waals surface area (Å²) in [5.74, 6) is 0.168. The van der Waals surface area contributed by atoms with Gasteiger partial charge in [0.1, 0.15) is 5.75 Å². The van der Waals surface area contributed by atoms with Gasteiger partial charge in [0.2, 0.25) is 0 Å². The second-order valence-corrected chi connectivity index (χ2v) is 3.38. The number of hydrogen-bond donors (Lipinski definition) is 0. The van der Waals surface area contributed by atoms with E-state index in [-0.39, 0.29) is 11.9 Å². The van der Waals surface area contributed by atoms with E-state index in [0.29, 0.717) is 6.42 Å². The van der Waals surface area contributed by atoms with Gasteiger partial charge in [0.15, 0.2) is 0 Å². The molecule has 0 radical (unpaired) electrons. The molecule has 0 aliphatic carbocycles. The highest BCUT2D eigenvalue weighted by atomic mass is 16.5. The van der Waals surface area contributed by atoms with E-state index in [1.807, 2.05) is 24.3 Å². The molecule has 1 rings (SSSR count). The van der Waals surface area contributed by atoms with Gasteiger partial charge in [-0.25, -0.2) is 0 Å². The van der Waals surface area contributed by atoms with Crippen LogP contribution >= 0.6 is 0 Å². The van der Waals surface area contributed by atoms with Crippen molar-refractivity contribution in [3.05, 3.63) is 42.5 Å². The lowest BCUT2D eigenvalue weighted by atomic mass is 9.96. The number of carbonyl (C=O) groups is 1. The third-order valence-corrected chi connectivity index (χ3v) is 2.38. The molecule has 0 N–H and O–H groups in total. The van der Waals surface area contributed by atoms with Gasteiger partial charge in [-0.15, -0.1) is 6.58 Å². The van der Waals surface area contributed by atoms with Gasteiger partial charge in [0.25, 0.3) is 0 Å². The van der Waals surface area contributed by atoms with Gasteiger partial charge in [0, 0.05) is 0 Å². The monoisotopic (exact) mass is 220 g/mol. The fourth-order valence-corrected chi connectivity index (χ4v) is 1.54. The Morgan fingerprint density at radius 3 is 2.81 bits per heavy atom. The van der Waals surface area contributed by atoms with E-state index < -0.39 is 0 Å². The van der Waals surface area contributed by atoms with Crippen LogP contribution in [0.1, 0.15) is 17.9 Å². The number of rotatable bonds is 5. The predicted molar refractivity (Wildman–Crippen MR) is 62.6 cm³/mol. The summed E-state index contributed by atoms with van der Waals surface area (Å²) in [4.78, 5) is 11.6. The molecule has 0 aliphatic heterocycles. The molecule has 3 nitrogen and oxygen atoms in total. The van der Waals surface area contributed by atoms with Crippen LogP contribution in [0.4, 0.5) is 0 Å². The van der Waals surface area contributed by atoms with Crippen molar-refractivity contribution >= 4 is 5.97 Å². The molecule has 1 aromatic rings. The highest BCUT2D eigenvalue weighted by Gasteiger charge is 2.20. The van der Waals surface area contributed by atoms with Gasteiger partial charge in [-0.3, -0.25) is 4.79 Å². The van der Waals surface area contributed by atoms with Gasteiger partial charge in [-0.05, 0) is 24.1 Å². The minimum absolute atomic E-state index is 0.256. The van der Waals surface area contributed by atoms with Crippen molar-refractivity contribution in [3.63, 3.8) is 0 Å². The van der Waals surface area contributed by atoms with Crippen LogP contribution in [-0.4, -0.2) is 20.2 Å². The van der Waals surface area contributed by atoms with Crippen molar-refractivity contribution in [2.24, 2.45) is 0 Å². The number of hydrogen-bond acceptors (Lipinski definition) is 3. The van der Waals surface area contributed by atoms with E-state index in [1.165, 1.54) is 7.11 Å². The first-order valence-corrected chi connectivity index (χ1v) is 5.05. The molecule has 0 bridgehead atoms. The number of allylic oxidation sites excluding steroid dienone is 1. The van der Waals surface area contributed by atoms with Crippen LogP contribution in [-0.2, 0) is 9.53 Å². The number of carbonyl (C=O) groups excluding carboxylic acids is 1. The third-order valence-electron chi connectivity index (χ3n) is 2.38. The summed E-state index contributed by atoms with van der Waals surface area (Å²) in [7, 11) is 2.98. The van der Waals surface area contributed by atoms with Crippen molar-refractivity contribution in [1.29, 1.82) is 0 Å². The highest BCUT2D eigenvalue weighted by Crippen LogP contribution is 2.25. The lowest BCUT2D eigenvalue weighted by Gasteiger charge is -2.13. The molecule has 0 saturated carbocycles. The molecule has 0 aliphatic rings. The topological polar surface area (TPSA) is 35.5 Å². The SMILES string of the molecule is C=CCC(C(=O)OC)c1cccc(OC)c1. The zero-order valence-corrected chi connectivity index (χ0v) is 9.60. The van der Waals surface area contributed by atoms with Crippen molar-refractivity contribution in [2.45, 2.75) is 12.3 Å². The maximum absolute atomic E-state index is 11.6. The van der Waals surface area contributed by atoms with Crippen LogP contribution in [0.15, 0.2) is 36.9 Å². The Morgan fingerprint density at radius 1 is 1.50 bits per heavy atom. The van der Waals surface area contributed by atoms with Crippen molar-refractivity contribution in [1.82, 2.24) is 0 Å². The Hall–Kier alpha value is -1.77. The summed E-state index contributed by atoms with van der Waals surface area (Å²) < 4.78 is 9.88. The second-order valence-electron chi connectivity index (χ2n) is 3.38. The minimum Gasteiger partial charge on any atom is -0.497 e. The lowest BCUT2D eigenvalue weighted by molar-refractivity contribution is -0.142. The molecule has 16 heavy (non-hydrogen) atoms. The zero-order valence-electron chi connectivity index (χ0n) is 9.60. The predicted octanol–water partition coefficient (Wildman–Crippen LogP) is 2.53. The van der Waals surface area contributed by atoms with Crippen LogP contribution in [0.25, 0.3) is 0 Å². The number of ether oxygens (including phenoxy) is 2. The Bertz CT molecular complexity index is 371. The Labute approximate surface area is 95.7 Å². The molecular weight excluding hydrogens is 204 g/mol. The van der Waals surface area contributed by atoms with Crippen LogP contribution in [0.2, 0.25) is 0 Å². The summed E-state index contributed by atoms with van der Waals surface area (Å²) in [5, 5.41) is 0. The van der Waals surface area contributed by atoms with E-state index in [0.717, 1.165) is 11.3 Å².